The highest BCUT2D eigenvalue weighted by Gasteiger charge is 2.19. The van der Waals surface area contributed by atoms with Crippen molar-refractivity contribution in [2.45, 2.75) is 40.0 Å². The fourth-order valence-electron chi connectivity index (χ4n) is 2.26. The first-order chi connectivity index (χ1) is 9.47. The third kappa shape index (κ3) is 3.20. The minimum Gasteiger partial charge on any atom is -0.361 e. The predicted molar refractivity (Wildman–Crippen MR) is 74.4 cm³/mol. The number of nitrogens with one attached hydrogen (secondary N) is 1. The summed E-state index contributed by atoms with van der Waals surface area (Å²) in [4.78, 5) is 20.2. The van der Waals surface area contributed by atoms with E-state index in [9.17, 15) is 4.79 Å². The van der Waals surface area contributed by atoms with E-state index in [0.717, 1.165) is 22.7 Å². The normalized spacial score (nSPS) is 12.2. The molecule has 0 aliphatic rings. The first-order valence-corrected chi connectivity index (χ1v) is 6.49. The fourth-order valence-corrected chi connectivity index (χ4v) is 2.26. The average molecular weight is 274 g/mol. The number of anilines is 1. The van der Waals surface area contributed by atoms with Crippen molar-refractivity contribution in [2.75, 3.05) is 5.32 Å². The first kappa shape index (κ1) is 14.2. The first-order valence-electron chi connectivity index (χ1n) is 6.49. The van der Waals surface area contributed by atoms with Gasteiger partial charge in [-0.05, 0) is 32.8 Å². The maximum absolute atomic E-state index is 12.0. The van der Waals surface area contributed by atoms with E-state index in [2.05, 4.69) is 20.4 Å². The van der Waals surface area contributed by atoms with Crippen molar-refractivity contribution in [3.05, 3.63) is 35.0 Å². The Morgan fingerprint density at radius 3 is 2.75 bits per heavy atom. The number of carbonyl (C=O) groups excluding carboxylic acids is 1. The lowest BCUT2D eigenvalue weighted by molar-refractivity contribution is -0.116. The number of amides is 1. The zero-order valence-corrected chi connectivity index (χ0v) is 12.1. The number of carbonyl (C=O) groups is 1. The molecule has 1 unspecified atom stereocenters. The maximum Gasteiger partial charge on any atom is 0.229 e. The van der Waals surface area contributed by atoms with E-state index in [-0.39, 0.29) is 11.8 Å². The number of nitrogens with zero attached hydrogens (tertiary/aromatic N) is 3. The summed E-state index contributed by atoms with van der Waals surface area (Å²) in [5.41, 5.74) is 2.63. The second-order valence-electron chi connectivity index (χ2n) is 4.91. The molecule has 0 fully saturated rings. The molecule has 0 aliphatic carbocycles. The molecule has 1 amide bonds. The van der Waals surface area contributed by atoms with Gasteiger partial charge < -0.3 is 4.52 Å². The number of hydrogen-bond donors (Lipinski definition) is 1. The van der Waals surface area contributed by atoms with Crippen LogP contribution in [-0.2, 0) is 4.79 Å². The molecule has 0 spiro atoms. The lowest BCUT2D eigenvalue weighted by Crippen LogP contribution is -2.16. The fraction of sp³-hybridized carbons (Fsp3) is 0.429. The molecule has 0 radical (unpaired) electrons. The lowest BCUT2D eigenvalue weighted by Gasteiger charge is -2.10. The van der Waals surface area contributed by atoms with Gasteiger partial charge in [0.25, 0.3) is 0 Å². The van der Waals surface area contributed by atoms with E-state index in [1.807, 2.05) is 27.7 Å². The van der Waals surface area contributed by atoms with Crippen LogP contribution in [0.25, 0.3) is 0 Å². The zero-order valence-electron chi connectivity index (χ0n) is 12.1. The van der Waals surface area contributed by atoms with Gasteiger partial charge in [0.05, 0.1) is 5.69 Å². The SMILES string of the molecule is Cc1ccnc(NC(=O)CC(C)c2c(C)noc2C)n1. The van der Waals surface area contributed by atoms with E-state index in [4.69, 9.17) is 4.52 Å². The summed E-state index contributed by atoms with van der Waals surface area (Å²) in [5, 5.41) is 6.61. The van der Waals surface area contributed by atoms with Crippen LogP contribution in [-0.4, -0.2) is 21.0 Å². The Hall–Kier alpha value is -2.24. The van der Waals surface area contributed by atoms with Gasteiger partial charge in [-0.2, -0.15) is 0 Å². The highest BCUT2D eigenvalue weighted by atomic mass is 16.5. The van der Waals surface area contributed by atoms with Gasteiger partial charge in [0, 0.05) is 23.9 Å². The van der Waals surface area contributed by atoms with Crippen molar-refractivity contribution in [1.29, 1.82) is 0 Å². The number of aryl methyl sites for hydroxylation is 3. The van der Waals surface area contributed by atoms with Crippen molar-refractivity contribution in [3.8, 4) is 0 Å². The smallest absolute Gasteiger partial charge is 0.229 e. The summed E-state index contributed by atoms with van der Waals surface area (Å²) in [6.07, 6.45) is 1.95. The molecule has 2 heterocycles. The molecule has 6 heteroatoms. The lowest BCUT2D eigenvalue weighted by atomic mass is 9.96. The third-order valence-electron chi connectivity index (χ3n) is 3.12. The molecule has 106 valence electrons. The van der Waals surface area contributed by atoms with Gasteiger partial charge in [-0.3, -0.25) is 10.1 Å². The molecule has 0 bridgehead atoms. The molecule has 0 aromatic carbocycles. The van der Waals surface area contributed by atoms with Gasteiger partial charge in [-0.25, -0.2) is 9.97 Å². The van der Waals surface area contributed by atoms with Crippen LogP contribution in [0.2, 0.25) is 0 Å². The standard InChI is InChI=1S/C14H18N4O2/c1-8(13-10(3)18-20-11(13)4)7-12(19)17-14-15-6-5-9(2)16-14/h5-6,8H,7H2,1-4H3,(H,15,16,17,19). The Morgan fingerprint density at radius 1 is 1.40 bits per heavy atom. The van der Waals surface area contributed by atoms with Crippen LogP contribution in [0.15, 0.2) is 16.8 Å². The van der Waals surface area contributed by atoms with Crippen LogP contribution < -0.4 is 5.32 Å². The minimum atomic E-state index is -0.122. The monoisotopic (exact) mass is 274 g/mol. The van der Waals surface area contributed by atoms with Gasteiger partial charge in [-0.15, -0.1) is 0 Å². The molecule has 2 aromatic heterocycles. The number of rotatable bonds is 4. The quantitative estimate of drug-likeness (QED) is 0.926. The summed E-state index contributed by atoms with van der Waals surface area (Å²) in [5.74, 6) is 1.00. The van der Waals surface area contributed by atoms with Gasteiger partial charge in [0.2, 0.25) is 11.9 Å². The molecule has 2 rings (SSSR count). The van der Waals surface area contributed by atoms with Crippen molar-refractivity contribution in [3.63, 3.8) is 0 Å². The van der Waals surface area contributed by atoms with Crippen molar-refractivity contribution in [2.24, 2.45) is 0 Å². The zero-order chi connectivity index (χ0) is 14.7. The summed E-state index contributed by atoms with van der Waals surface area (Å²) in [7, 11) is 0. The predicted octanol–water partition coefficient (Wildman–Crippen LogP) is 2.52. The van der Waals surface area contributed by atoms with Crippen LogP contribution in [0.3, 0.4) is 0 Å². The Labute approximate surface area is 117 Å². The van der Waals surface area contributed by atoms with E-state index in [1.165, 1.54) is 0 Å². The molecule has 0 saturated heterocycles. The van der Waals surface area contributed by atoms with Crippen molar-refractivity contribution >= 4 is 11.9 Å². The molecule has 1 atom stereocenters. The molecule has 2 aromatic rings. The van der Waals surface area contributed by atoms with Crippen LogP contribution in [0, 0.1) is 20.8 Å². The third-order valence-corrected chi connectivity index (χ3v) is 3.12. The molecular formula is C14H18N4O2. The second-order valence-corrected chi connectivity index (χ2v) is 4.91. The van der Waals surface area contributed by atoms with Gasteiger partial charge in [0.15, 0.2) is 0 Å². The van der Waals surface area contributed by atoms with Crippen LogP contribution in [0.5, 0.6) is 0 Å². The van der Waals surface area contributed by atoms with Crippen LogP contribution in [0.4, 0.5) is 5.95 Å². The molecule has 20 heavy (non-hydrogen) atoms. The van der Waals surface area contributed by atoms with E-state index in [1.54, 1.807) is 12.3 Å². The van der Waals surface area contributed by atoms with E-state index in [0.29, 0.717) is 12.4 Å². The van der Waals surface area contributed by atoms with Gasteiger partial charge in [0.1, 0.15) is 5.76 Å². The van der Waals surface area contributed by atoms with Crippen molar-refractivity contribution in [1.82, 2.24) is 15.1 Å². The summed E-state index contributed by atoms with van der Waals surface area (Å²) in [6, 6.07) is 1.78. The Balaban J connectivity index is 2.01. The van der Waals surface area contributed by atoms with E-state index < -0.39 is 0 Å². The van der Waals surface area contributed by atoms with Gasteiger partial charge in [-0.1, -0.05) is 12.1 Å². The molecule has 0 saturated carbocycles. The molecule has 0 aliphatic heterocycles. The highest BCUT2D eigenvalue weighted by Crippen LogP contribution is 2.25. The van der Waals surface area contributed by atoms with Crippen LogP contribution in [0.1, 0.15) is 42.0 Å². The summed E-state index contributed by atoms with van der Waals surface area (Å²) in [6.45, 7) is 7.56. The minimum absolute atomic E-state index is 0.0334. The molecule has 6 nitrogen and oxygen atoms in total. The largest absolute Gasteiger partial charge is 0.361 e. The summed E-state index contributed by atoms with van der Waals surface area (Å²) < 4.78 is 5.13. The van der Waals surface area contributed by atoms with E-state index >= 15 is 0 Å². The van der Waals surface area contributed by atoms with Gasteiger partial charge >= 0.3 is 0 Å². The highest BCUT2D eigenvalue weighted by molar-refractivity contribution is 5.89. The number of hydrogen-bond acceptors (Lipinski definition) is 5. The van der Waals surface area contributed by atoms with Crippen molar-refractivity contribution < 1.29 is 9.32 Å². The molecular weight excluding hydrogens is 256 g/mol. The number of aromatic nitrogens is 3. The Kier molecular flexibility index (Phi) is 4.12. The Morgan fingerprint density at radius 2 is 2.15 bits per heavy atom. The second kappa shape index (κ2) is 5.81. The average Bonchev–Trinajstić information content (AvgIpc) is 2.68. The maximum atomic E-state index is 12.0. The van der Waals surface area contributed by atoms with Crippen LogP contribution >= 0.6 is 0 Å². The Bertz CT molecular complexity index is 602. The topological polar surface area (TPSA) is 80.9 Å². The molecule has 1 N–H and O–H groups in total. The summed E-state index contributed by atoms with van der Waals surface area (Å²) >= 11 is 0.